The van der Waals surface area contributed by atoms with E-state index in [1.54, 1.807) is 10.9 Å². The Morgan fingerprint density at radius 3 is 3.15 bits per heavy atom. The summed E-state index contributed by atoms with van der Waals surface area (Å²) < 4.78 is 26.3. The second kappa shape index (κ2) is 3.57. The van der Waals surface area contributed by atoms with Gasteiger partial charge in [0.2, 0.25) is 0 Å². The monoisotopic (exact) mass is 202 g/mol. The van der Waals surface area contributed by atoms with Crippen LogP contribution in [-0.4, -0.2) is 31.8 Å². The fraction of sp³-hybridized carbons (Fsp3) is 0.571. The maximum absolute atomic E-state index is 10.7. The lowest BCUT2D eigenvalue weighted by molar-refractivity contribution is 0.184. The van der Waals surface area contributed by atoms with Crippen molar-refractivity contribution in [1.82, 2.24) is 9.78 Å². The maximum atomic E-state index is 10.7. The molecule has 1 aliphatic heterocycles. The average molecular weight is 202 g/mol. The lowest BCUT2D eigenvalue weighted by Gasteiger charge is -2.06. The van der Waals surface area contributed by atoms with Crippen LogP contribution >= 0.6 is 0 Å². The minimum atomic E-state index is -1.93. The van der Waals surface area contributed by atoms with Gasteiger partial charge in [0.15, 0.2) is 11.1 Å². The highest BCUT2D eigenvalue weighted by Gasteiger charge is 2.18. The van der Waals surface area contributed by atoms with E-state index in [-0.39, 0.29) is 6.04 Å². The zero-order valence-electron chi connectivity index (χ0n) is 6.92. The van der Waals surface area contributed by atoms with E-state index < -0.39 is 11.1 Å². The largest absolute Gasteiger partial charge is 0.379 e. The summed E-state index contributed by atoms with van der Waals surface area (Å²) in [7, 11) is 0. The Morgan fingerprint density at radius 2 is 2.62 bits per heavy atom. The number of ether oxygens (including phenoxy) is 1. The van der Waals surface area contributed by atoms with Crippen LogP contribution in [0.25, 0.3) is 0 Å². The molecule has 0 saturated carbocycles. The van der Waals surface area contributed by atoms with Crippen molar-refractivity contribution in [3.05, 3.63) is 12.4 Å². The normalized spacial score (nSPS) is 24.8. The summed E-state index contributed by atoms with van der Waals surface area (Å²) >= 11 is -1.93. The van der Waals surface area contributed by atoms with Crippen LogP contribution in [0.2, 0.25) is 0 Å². The van der Waals surface area contributed by atoms with Crippen LogP contribution in [0.1, 0.15) is 12.5 Å². The van der Waals surface area contributed by atoms with Crippen molar-refractivity contribution < 1.29 is 13.5 Å². The van der Waals surface area contributed by atoms with E-state index in [0.717, 1.165) is 13.0 Å². The van der Waals surface area contributed by atoms with Gasteiger partial charge in [-0.25, -0.2) is 4.21 Å². The van der Waals surface area contributed by atoms with E-state index in [0.29, 0.717) is 11.5 Å². The summed E-state index contributed by atoms with van der Waals surface area (Å²) in [6.45, 7) is 1.38. The summed E-state index contributed by atoms with van der Waals surface area (Å²) in [5, 5.41) is 4.00. The third-order valence-electron chi connectivity index (χ3n) is 2.06. The Bertz CT molecular complexity index is 319. The van der Waals surface area contributed by atoms with E-state index in [2.05, 4.69) is 5.10 Å². The summed E-state index contributed by atoms with van der Waals surface area (Å²) in [5.41, 5.74) is 0. The molecule has 13 heavy (non-hydrogen) atoms. The van der Waals surface area contributed by atoms with Gasteiger partial charge in [-0.15, -0.1) is 0 Å². The molecular weight excluding hydrogens is 192 g/mol. The molecule has 0 amide bonds. The molecule has 2 heterocycles. The topological polar surface area (TPSA) is 64.3 Å². The smallest absolute Gasteiger partial charge is 0.189 e. The number of aromatic nitrogens is 2. The maximum Gasteiger partial charge on any atom is 0.189 e. The molecule has 1 fully saturated rings. The first-order valence-electron chi connectivity index (χ1n) is 4.00. The molecular formula is C7H10N2O3S. The van der Waals surface area contributed by atoms with Gasteiger partial charge >= 0.3 is 0 Å². The molecule has 1 aliphatic rings. The molecule has 0 radical (unpaired) electrons. The van der Waals surface area contributed by atoms with Gasteiger partial charge in [0.1, 0.15) is 4.90 Å². The first kappa shape index (κ1) is 8.86. The van der Waals surface area contributed by atoms with Crippen LogP contribution < -0.4 is 0 Å². The molecule has 72 valence electrons. The molecule has 0 spiro atoms. The average Bonchev–Trinajstić information content (AvgIpc) is 2.75. The second-order valence-corrected chi connectivity index (χ2v) is 3.89. The van der Waals surface area contributed by atoms with Crippen molar-refractivity contribution in [2.45, 2.75) is 17.4 Å². The van der Waals surface area contributed by atoms with Crippen molar-refractivity contribution in [1.29, 1.82) is 0 Å². The summed E-state index contributed by atoms with van der Waals surface area (Å²) in [6.07, 6.45) is 3.92. The zero-order chi connectivity index (χ0) is 9.26. The lowest BCUT2D eigenvalue weighted by Crippen LogP contribution is -2.08. The molecule has 2 unspecified atom stereocenters. The number of rotatable bonds is 2. The molecule has 2 rings (SSSR count). The van der Waals surface area contributed by atoms with Crippen molar-refractivity contribution in [2.75, 3.05) is 13.2 Å². The Kier molecular flexibility index (Phi) is 2.43. The number of nitrogens with zero attached hydrogens (tertiary/aromatic N) is 2. The molecule has 6 heteroatoms. The molecule has 2 atom stereocenters. The number of hydrogen-bond acceptors (Lipinski definition) is 3. The summed E-state index contributed by atoms with van der Waals surface area (Å²) in [4.78, 5) is 0.340. The Labute approximate surface area is 78.0 Å². The zero-order valence-corrected chi connectivity index (χ0v) is 7.74. The van der Waals surface area contributed by atoms with E-state index in [1.807, 2.05) is 0 Å². The molecule has 1 aromatic rings. The van der Waals surface area contributed by atoms with Gasteiger partial charge in [0.25, 0.3) is 0 Å². The molecule has 1 saturated heterocycles. The fourth-order valence-electron chi connectivity index (χ4n) is 1.34. The molecule has 1 aromatic heterocycles. The van der Waals surface area contributed by atoms with Crippen molar-refractivity contribution in [3.63, 3.8) is 0 Å². The van der Waals surface area contributed by atoms with E-state index in [1.165, 1.54) is 6.20 Å². The van der Waals surface area contributed by atoms with Crippen LogP contribution in [0.4, 0.5) is 0 Å². The van der Waals surface area contributed by atoms with Crippen LogP contribution in [0.3, 0.4) is 0 Å². The van der Waals surface area contributed by atoms with Gasteiger partial charge in [-0.3, -0.25) is 4.68 Å². The molecule has 0 aliphatic carbocycles. The number of hydrogen-bond donors (Lipinski definition) is 1. The van der Waals surface area contributed by atoms with Crippen LogP contribution in [0.15, 0.2) is 17.3 Å². The third kappa shape index (κ3) is 1.79. The SMILES string of the molecule is O=S(O)c1cnn(C2CCOC2)c1. The Morgan fingerprint density at radius 1 is 1.77 bits per heavy atom. The second-order valence-electron chi connectivity index (χ2n) is 2.92. The van der Waals surface area contributed by atoms with Gasteiger partial charge in [-0.1, -0.05) is 0 Å². The quantitative estimate of drug-likeness (QED) is 0.706. The Hall–Kier alpha value is -0.720. The van der Waals surface area contributed by atoms with Crippen molar-refractivity contribution in [3.8, 4) is 0 Å². The predicted molar refractivity (Wildman–Crippen MR) is 45.7 cm³/mol. The summed E-state index contributed by atoms with van der Waals surface area (Å²) in [5.74, 6) is 0. The highest BCUT2D eigenvalue weighted by molar-refractivity contribution is 7.79. The standard InChI is InChI=1S/C7H10N2O3S/c10-13(11)7-3-8-9(4-7)6-1-2-12-5-6/h3-4,6H,1-2,5H2,(H,10,11). The van der Waals surface area contributed by atoms with Crippen LogP contribution in [0.5, 0.6) is 0 Å². The van der Waals surface area contributed by atoms with Crippen molar-refractivity contribution >= 4 is 11.1 Å². The highest BCUT2D eigenvalue weighted by Crippen LogP contribution is 2.18. The highest BCUT2D eigenvalue weighted by atomic mass is 32.2. The molecule has 0 aromatic carbocycles. The molecule has 0 bridgehead atoms. The van der Waals surface area contributed by atoms with E-state index in [4.69, 9.17) is 9.29 Å². The Balaban J connectivity index is 2.16. The van der Waals surface area contributed by atoms with Gasteiger partial charge < -0.3 is 9.29 Å². The van der Waals surface area contributed by atoms with Crippen molar-refractivity contribution in [2.24, 2.45) is 0 Å². The van der Waals surface area contributed by atoms with Gasteiger partial charge in [-0.2, -0.15) is 5.10 Å². The molecule has 5 nitrogen and oxygen atoms in total. The minimum Gasteiger partial charge on any atom is -0.379 e. The minimum absolute atomic E-state index is 0.220. The van der Waals surface area contributed by atoms with Gasteiger partial charge in [0, 0.05) is 12.8 Å². The first-order valence-corrected chi connectivity index (χ1v) is 5.11. The summed E-state index contributed by atoms with van der Waals surface area (Å²) in [6, 6.07) is 0.220. The van der Waals surface area contributed by atoms with Gasteiger partial charge in [-0.05, 0) is 6.42 Å². The van der Waals surface area contributed by atoms with E-state index >= 15 is 0 Å². The molecule has 1 N–H and O–H groups in total. The lowest BCUT2D eigenvalue weighted by atomic mass is 10.3. The first-order chi connectivity index (χ1) is 6.27. The fourth-order valence-corrected chi connectivity index (χ4v) is 1.68. The predicted octanol–water partition coefficient (Wildman–Crippen LogP) is 0.425. The van der Waals surface area contributed by atoms with Crippen LogP contribution in [-0.2, 0) is 15.8 Å². The third-order valence-corrected chi connectivity index (χ3v) is 2.67. The van der Waals surface area contributed by atoms with Gasteiger partial charge in [0.05, 0.1) is 18.8 Å². The van der Waals surface area contributed by atoms with Crippen LogP contribution in [0, 0.1) is 0 Å². The van der Waals surface area contributed by atoms with E-state index in [9.17, 15) is 4.21 Å².